The van der Waals surface area contributed by atoms with Gasteiger partial charge in [-0.1, -0.05) is 67.6 Å². The fraction of sp³-hybridized carbons (Fsp3) is 0.602. The monoisotopic (exact) mass is 1960 g/mol. The summed E-state index contributed by atoms with van der Waals surface area (Å²) in [6.45, 7) is 53.7. The van der Waals surface area contributed by atoms with Crippen molar-refractivity contribution in [2.45, 2.75) is 280 Å². The number of hydrogen-bond donors (Lipinski definition) is 4. The Morgan fingerprint density at radius 2 is 0.620 bits per heavy atom. The summed E-state index contributed by atoms with van der Waals surface area (Å²) in [5.74, 6) is 2.50. The largest absolute Gasteiger partial charge is 0.485 e. The zero-order valence-corrected chi connectivity index (χ0v) is 82.5. The smallest absolute Gasteiger partial charge is 0.475 e. The molecule has 0 spiro atoms. The summed E-state index contributed by atoms with van der Waals surface area (Å²) in [6, 6.07) is 22.9. The van der Waals surface area contributed by atoms with Gasteiger partial charge in [-0.3, -0.25) is 55.6 Å². The molecule has 0 saturated carbocycles. The number of aliphatic hydroxyl groups excluding tert-OH is 2. The minimum Gasteiger partial charge on any atom is -0.485 e. The van der Waals surface area contributed by atoms with E-state index in [1.807, 2.05) is 83.7 Å². The Morgan fingerprint density at radius 1 is 0.343 bits per heavy atom. The molecule has 10 heterocycles. The summed E-state index contributed by atoms with van der Waals surface area (Å²) in [4.78, 5) is 110. The quantitative estimate of drug-likeness (QED) is 0.0162. The summed E-state index contributed by atoms with van der Waals surface area (Å²) in [6.07, 6.45) is 6.04. The molecule has 5 unspecified atom stereocenters. The molecule has 39 heteroatoms. The van der Waals surface area contributed by atoms with E-state index < -0.39 is 112 Å². The fourth-order valence-corrected chi connectivity index (χ4v) is 23.6. The number of phosphoric ester groups is 3. The molecule has 0 aromatic heterocycles. The highest BCUT2D eigenvalue weighted by Gasteiger charge is 2.60. The van der Waals surface area contributed by atoms with E-state index in [1.165, 1.54) is 0 Å². The van der Waals surface area contributed by atoms with Crippen LogP contribution < -0.4 is 23.7 Å². The number of nitrogens with zero attached hydrogens (tertiary/aromatic N) is 9. The van der Waals surface area contributed by atoms with Crippen molar-refractivity contribution in [3.8, 4) is 28.7 Å². The van der Waals surface area contributed by atoms with Crippen LogP contribution in [0.15, 0.2) is 91.0 Å². The van der Waals surface area contributed by atoms with Gasteiger partial charge < -0.3 is 82.4 Å². The van der Waals surface area contributed by atoms with Gasteiger partial charge in [-0.25, -0.2) is 33.1 Å². The van der Waals surface area contributed by atoms with Crippen LogP contribution in [-0.4, -0.2) is 231 Å². The number of aryl methyl sites for hydroxylation is 1. The third kappa shape index (κ3) is 24.9. The average Bonchev–Trinajstić information content (AvgIpc) is 1.70. The number of aliphatic hydroxyl groups is 2. The van der Waals surface area contributed by atoms with Crippen molar-refractivity contribution in [3.63, 3.8) is 0 Å². The standard InChI is InChI=1S/C54H66N5O11P.C22H31N2O9P.C22H31N2O7P/c1-34-20-23-40-37(31-34)47(58-27-15-18-44(58)61)50(53(4,5)67-40)69-71(63,70-51-48(59-28-16-19-45(59)62)39-33-36(56-9)22-25-42(39)68-54(51,6)7)65-30-13-11-10-12-29-64-49-46(57-26-14-17-43(57)60)38-32-35(55-8)21-24-41(38)66-52(49,2)3;1-22(2)21(33-34(27,28)31-14-13-30-12-11-29-10-9-25)20(24-8-4-5-19(24)26)17-15-16(23-3)6-7-18(17)32-22;1-22(2)21(31-32(27,28)29-14-7-5-4-6-13-25)20(24-12-8-9-19(24)26)17-15-16(23-3)10-11-18(17)30-22/h20-25,31-33,46-51H,10-19,26-30H2,1-7H3;6-7,15,20-21,25H,4-5,8-14H2,1-2H3,(H,27,28);10-11,15,20-21,25H,4-9,12-14H2,1-2H3,(H,27,28)/t46-,47-,48-,49?,50?,51+,71?;2*20-,21+/m111/s1. The molecule has 5 saturated heterocycles. The maximum atomic E-state index is 16.0. The summed E-state index contributed by atoms with van der Waals surface area (Å²) in [7, 11) is -13.7. The molecule has 36 nitrogen and oxygen atoms in total. The lowest BCUT2D eigenvalue weighted by molar-refractivity contribution is -0.149. The van der Waals surface area contributed by atoms with Crippen LogP contribution in [0, 0.1) is 33.2 Å². The van der Waals surface area contributed by atoms with Gasteiger partial charge in [0.15, 0.2) is 22.7 Å². The van der Waals surface area contributed by atoms with Gasteiger partial charge in [0.05, 0.1) is 109 Å². The first-order valence-electron chi connectivity index (χ1n) is 47.2. The van der Waals surface area contributed by atoms with Crippen molar-refractivity contribution in [1.82, 2.24) is 24.5 Å². The summed E-state index contributed by atoms with van der Waals surface area (Å²) >= 11 is 0. The number of carbonyl (C=O) groups excluding carboxylic acids is 5. The molecule has 10 aliphatic heterocycles. The molecule has 137 heavy (non-hydrogen) atoms. The molecule has 742 valence electrons. The Balaban J connectivity index is 0.000000199. The van der Waals surface area contributed by atoms with E-state index >= 15 is 4.57 Å². The van der Waals surface area contributed by atoms with E-state index in [-0.39, 0.29) is 89.0 Å². The lowest BCUT2D eigenvalue weighted by atomic mass is 9.85. The van der Waals surface area contributed by atoms with Crippen molar-refractivity contribution >= 4 is 75.8 Å². The van der Waals surface area contributed by atoms with Gasteiger partial charge in [0.25, 0.3) is 0 Å². The summed E-state index contributed by atoms with van der Waals surface area (Å²) < 4.78 is 132. The molecule has 15 rings (SSSR count). The molecular weight excluding hydrogens is 1830 g/mol. The molecule has 5 fully saturated rings. The second-order valence-corrected chi connectivity index (χ2v) is 42.7. The van der Waals surface area contributed by atoms with Gasteiger partial charge >= 0.3 is 23.5 Å². The van der Waals surface area contributed by atoms with Crippen molar-refractivity contribution in [2.24, 2.45) is 0 Å². The number of unbranched alkanes of at least 4 members (excludes halogenated alkanes) is 6. The maximum absolute atomic E-state index is 16.0. The third-order valence-corrected chi connectivity index (χ3v) is 29.6. The van der Waals surface area contributed by atoms with Gasteiger partial charge in [0.2, 0.25) is 29.5 Å². The highest BCUT2D eigenvalue weighted by molar-refractivity contribution is 7.48. The third-order valence-electron chi connectivity index (χ3n) is 26.2. The highest BCUT2D eigenvalue weighted by atomic mass is 31.2. The van der Waals surface area contributed by atoms with Gasteiger partial charge in [-0.05, 0) is 189 Å². The van der Waals surface area contributed by atoms with Gasteiger partial charge in [-0.15, -0.1) is 0 Å². The highest BCUT2D eigenvalue weighted by Crippen LogP contribution is 2.63. The number of ether oxygens (including phenoxy) is 8. The number of hydrogen-bond acceptors (Lipinski definition) is 25. The molecule has 4 N–H and O–H groups in total. The maximum Gasteiger partial charge on any atom is 0.475 e. The van der Waals surface area contributed by atoms with E-state index in [4.69, 9.17) is 106 Å². The minimum absolute atomic E-state index is 0.0161. The molecule has 0 bridgehead atoms. The second-order valence-electron chi connectivity index (χ2n) is 38.4. The molecule has 5 aromatic rings. The van der Waals surface area contributed by atoms with E-state index in [2.05, 4.69) is 19.4 Å². The lowest BCUT2D eigenvalue weighted by Gasteiger charge is -2.50. The van der Waals surface area contributed by atoms with Crippen LogP contribution in [-0.2, 0) is 83.5 Å². The number of benzene rings is 5. The molecule has 0 aliphatic carbocycles. The number of phosphoric acid groups is 3. The first kappa shape index (κ1) is 105. The molecule has 0 radical (unpaired) electrons. The SMILES string of the molecule is [C-]#[N+]c1ccc2c(c1)[C@@H](N1CCCC1=O)C(OCCCCCCOP(=O)(OC1[C@H](N3CCCC3=O)c3cc(C)ccc3OC1(C)C)O[C@H]1[C@H](N3CCCC3=O)c3cc([N+]#[C-])ccc3OC1(C)C)C(C)(C)O2.[C-]#[N+]c1ccc2c(c1)[C@@H](N1CCCC1=O)[C@H](OP(=O)(O)OCCCCCCO)C(C)(C)O2.[C-]#[N+]c1ccc2c(c1)[C@@H](N1CCCC1=O)[C@H](OP(=O)(O)OCCOCCOCCO)C(C)(C)O2. The number of rotatable bonds is 38. The zero-order valence-electron chi connectivity index (χ0n) is 79.8. The number of fused-ring (bicyclic) bond motifs is 5. The van der Waals surface area contributed by atoms with Crippen molar-refractivity contribution in [2.75, 3.05) is 98.8 Å². The lowest BCUT2D eigenvalue weighted by Crippen LogP contribution is -2.56. The normalized spacial score (nSPS) is 25.2. The van der Waals surface area contributed by atoms with Crippen LogP contribution in [0.25, 0.3) is 19.4 Å². The number of likely N-dealkylation sites (tertiary alicyclic amines) is 5. The Hall–Kier alpha value is -9.46. The van der Waals surface area contributed by atoms with E-state index in [1.54, 1.807) is 108 Å². The predicted molar refractivity (Wildman–Crippen MR) is 501 cm³/mol. The van der Waals surface area contributed by atoms with Gasteiger partial charge in [-0.2, -0.15) is 0 Å². The van der Waals surface area contributed by atoms with E-state index in [0.29, 0.717) is 197 Å². The van der Waals surface area contributed by atoms with Crippen LogP contribution in [0.1, 0.15) is 248 Å². The first-order valence-corrected chi connectivity index (χ1v) is 51.6. The van der Waals surface area contributed by atoms with E-state index in [0.717, 1.165) is 42.4 Å². The first-order chi connectivity index (χ1) is 65.2. The van der Waals surface area contributed by atoms with Crippen LogP contribution in [0.2, 0.25) is 0 Å². The predicted octanol–water partition coefficient (Wildman–Crippen LogP) is 17.6. The van der Waals surface area contributed by atoms with Gasteiger partial charge in [0.1, 0.15) is 87.3 Å². The zero-order chi connectivity index (χ0) is 98.6. The van der Waals surface area contributed by atoms with Crippen LogP contribution >= 0.6 is 23.5 Å². The van der Waals surface area contributed by atoms with E-state index in [9.17, 15) is 42.9 Å². The summed E-state index contributed by atoms with van der Waals surface area (Å²) in [5.41, 5.74) is 0.541. The van der Waals surface area contributed by atoms with Gasteiger partial charge in [0, 0.05) is 106 Å². The molecule has 13 atom stereocenters. The van der Waals surface area contributed by atoms with Crippen LogP contribution in [0.4, 0.5) is 22.7 Å². The summed E-state index contributed by atoms with van der Waals surface area (Å²) in [5, 5.41) is 17.5. The number of carbonyl (C=O) groups is 5. The van der Waals surface area contributed by atoms with Crippen molar-refractivity contribution < 1.29 is 127 Å². The molecule has 10 aliphatic rings. The molecular formula is C98H128N9O27P3. The topological polar surface area (TPSA) is 390 Å². The molecule has 5 amide bonds. The molecule has 5 aromatic carbocycles. The fourth-order valence-electron chi connectivity index (χ4n) is 19.6. The average molecular weight is 1960 g/mol. The van der Waals surface area contributed by atoms with Crippen LogP contribution in [0.3, 0.4) is 0 Å². The minimum atomic E-state index is -4.70. The van der Waals surface area contributed by atoms with Crippen molar-refractivity contribution in [1.29, 1.82) is 0 Å². The second kappa shape index (κ2) is 45.0. The van der Waals surface area contributed by atoms with Crippen LogP contribution in [0.5, 0.6) is 28.7 Å². The Labute approximate surface area is 801 Å². The Bertz CT molecular complexity index is 5510. The van der Waals surface area contributed by atoms with Crippen molar-refractivity contribution in [3.05, 3.63) is 170 Å². The Morgan fingerprint density at radius 3 is 0.942 bits per heavy atom. The number of amides is 5. The Kier molecular flexibility index (Phi) is 34.4.